The van der Waals surface area contributed by atoms with E-state index >= 15 is 0 Å². The maximum atomic E-state index is 12.6. The van der Waals surface area contributed by atoms with Crippen LogP contribution < -0.4 is 0 Å². The van der Waals surface area contributed by atoms with Crippen molar-refractivity contribution >= 4 is 21.9 Å². The number of pyridine rings is 1. The summed E-state index contributed by atoms with van der Waals surface area (Å²) in [5, 5.41) is 9.51. The van der Waals surface area contributed by atoms with Crippen molar-refractivity contribution in [1.82, 2.24) is 4.98 Å². The highest BCUT2D eigenvalue weighted by atomic mass is 79.9. The van der Waals surface area contributed by atoms with Crippen LogP contribution in [0.5, 0.6) is 5.75 Å². The quantitative estimate of drug-likeness (QED) is 0.687. The number of esters is 1. The number of ether oxygens (including phenoxy) is 1. The predicted molar refractivity (Wildman–Crippen MR) is 54.8 cm³/mol. The minimum absolute atomic E-state index is 0.0444. The zero-order valence-electron chi connectivity index (χ0n) is 8.21. The molecule has 0 spiro atoms. The molecule has 0 radical (unpaired) electrons. The molecule has 0 aliphatic rings. The van der Waals surface area contributed by atoms with Gasteiger partial charge < -0.3 is 9.84 Å². The van der Waals surface area contributed by atoms with E-state index in [0.29, 0.717) is 0 Å². The second kappa shape index (κ2) is 5.20. The lowest BCUT2D eigenvalue weighted by atomic mass is 10.1. The van der Waals surface area contributed by atoms with Gasteiger partial charge in [0.05, 0.1) is 18.4 Å². The minimum atomic E-state index is -2.91. The summed E-state index contributed by atoms with van der Waals surface area (Å²) in [6.07, 6.45) is -2.91. The summed E-state index contributed by atoms with van der Waals surface area (Å²) >= 11 is 2.99. The smallest absolute Gasteiger partial charge is 0.340 e. The number of carbonyl (C=O) groups excluding carboxylic acids is 1. The van der Waals surface area contributed by atoms with E-state index in [2.05, 4.69) is 25.7 Å². The fraction of sp³-hybridized carbons (Fsp3) is 0.333. The van der Waals surface area contributed by atoms with Crippen LogP contribution in [-0.2, 0) is 10.1 Å². The molecule has 0 aromatic carbocycles. The minimum Gasteiger partial charge on any atom is -0.506 e. The molecule has 0 unspecified atom stereocenters. The number of rotatable bonds is 3. The summed E-state index contributed by atoms with van der Waals surface area (Å²) in [6, 6.07) is 0.927. The van der Waals surface area contributed by atoms with Crippen molar-refractivity contribution in [1.29, 1.82) is 0 Å². The lowest BCUT2D eigenvalue weighted by molar-refractivity contribution is 0.0586. The lowest BCUT2D eigenvalue weighted by Crippen LogP contribution is -2.09. The second-order valence-electron chi connectivity index (χ2n) is 2.81. The topological polar surface area (TPSA) is 59.4 Å². The van der Waals surface area contributed by atoms with Crippen LogP contribution in [0.2, 0.25) is 0 Å². The van der Waals surface area contributed by atoms with Gasteiger partial charge in [-0.2, -0.15) is 0 Å². The van der Waals surface area contributed by atoms with Crippen LogP contribution >= 0.6 is 15.9 Å². The number of hydrogen-bond donors (Lipinski definition) is 1. The van der Waals surface area contributed by atoms with E-state index in [0.717, 1.165) is 13.2 Å². The first-order chi connectivity index (χ1) is 7.51. The number of halogens is 3. The molecular formula is C9H8BrF2NO3. The van der Waals surface area contributed by atoms with Crippen molar-refractivity contribution in [2.24, 2.45) is 0 Å². The van der Waals surface area contributed by atoms with Crippen LogP contribution in [-0.4, -0.2) is 23.2 Å². The van der Waals surface area contributed by atoms with E-state index in [1.165, 1.54) is 0 Å². The summed E-state index contributed by atoms with van der Waals surface area (Å²) in [5.41, 5.74) is -1.08. The van der Waals surface area contributed by atoms with E-state index in [9.17, 15) is 18.7 Å². The summed E-state index contributed by atoms with van der Waals surface area (Å²) in [6.45, 7) is 0. The van der Waals surface area contributed by atoms with E-state index in [-0.39, 0.29) is 16.8 Å². The molecule has 0 aliphatic carbocycles. The van der Waals surface area contributed by atoms with Gasteiger partial charge in [0.25, 0.3) is 6.43 Å². The number of carbonyl (C=O) groups is 1. The van der Waals surface area contributed by atoms with Crippen LogP contribution in [0.25, 0.3) is 0 Å². The summed E-state index contributed by atoms with van der Waals surface area (Å²) in [7, 11) is 1.06. The Balaban J connectivity index is 3.36. The van der Waals surface area contributed by atoms with Gasteiger partial charge in [0.15, 0.2) is 0 Å². The molecule has 0 bridgehead atoms. The molecule has 0 fully saturated rings. The first-order valence-corrected chi connectivity index (χ1v) is 5.28. The van der Waals surface area contributed by atoms with Crippen molar-refractivity contribution in [2.45, 2.75) is 11.8 Å². The molecule has 0 amide bonds. The standard InChI is InChI=1S/C9H8BrF2NO3/c1-16-9(15)4-2-6(14)5(3-10)13-7(4)8(11)12/h2,8,14H,3H2,1H3. The average molecular weight is 296 g/mol. The van der Waals surface area contributed by atoms with Gasteiger partial charge in [0.1, 0.15) is 11.4 Å². The summed E-state index contributed by atoms with van der Waals surface area (Å²) < 4.78 is 29.5. The SMILES string of the molecule is COC(=O)c1cc(O)c(CBr)nc1C(F)F. The maximum Gasteiger partial charge on any atom is 0.340 e. The summed E-state index contributed by atoms with van der Waals surface area (Å²) in [5.74, 6) is -1.29. The number of aromatic hydroxyl groups is 1. The first kappa shape index (κ1) is 12.8. The van der Waals surface area contributed by atoms with Crippen molar-refractivity contribution in [2.75, 3.05) is 7.11 Å². The van der Waals surface area contributed by atoms with E-state index in [1.807, 2.05) is 0 Å². The van der Waals surface area contributed by atoms with Crippen LogP contribution in [0.1, 0.15) is 28.2 Å². The van der Waals surface area contributed by atoms with Crippen LogP contribution in [0, 0.1) is 0 Å². The fourth-order valence-corrected chi connectivity index (χ4v) is 1.51. The highest BCUT2D eigenvalue weighted by molar-refractivity contribution is 9.08. The third-order valence-corrected chi connectivity index (χ3v) is 2.38. The molecule has 4 nitrogen and oxygen atoms in total. The van der Waals surface area contributed by atoms with E-state index < -0.39 is 23.7 Å². The molecule has 1 rings (SSSR count). The fourth-order valence-electron chi connectivity index (χ4n) is 1.09. The van der Waals surface area contributed by atoms with Gasteiger partial charge in [-0.05, 0) is 6.07 Å². The lowest BCUT2D eigenvalue weighted by Gasteiger charge is -2.09. The van der Waals surface area contributed by atoms with Gasteiger partial charge >= 0.3 is 5.97 Å². The zero-order valence-corrected chi connectivity index (χ0v) is 9.79. The van der Waals surface area contributed by atoms with Gasteiger partial charge in [-0.15, -0.1) is 0 Å². The Morgan fingerprint density at radius 3 is 2.75 bits per heavy atom. The monoisotopic (exact) mass is 295 g/mol. The van der Waals surface area contributed by atoms with E-state index in [4.69, 9.17) is 0 Å². The number of methoxy groups -OCH3 is 1. The van der Waals surface area contributed by atoms with E-state index in [1.54, 1.807) is 0 Å². The Bertz CT molecular complexity index is 412. The van der Waals surface area contributed by atoms with Gasteiger partial charge in [-0.1, -0.05) is 15.9 Å². The molecule has 88 valence electrons. The van der Waals surface area contributed by atoms with Gasteiger partial charge in [0.2, 0.25) is 0 Å². The largest absolute Gasteiger partial charge is 0.506 e. The Morgan fingerprint density at radius 1 is 1.69 bits per heavy atom. The van der Waals surface area contributed by atoms with Crippen LogP contribution in [0.4, 0.5) is 8.78 Å². The molecule has 1 N–H and O–H groups in total. The molecule has 0 saturated carbocycles. The third-order valence-electron chi connectivity index (χ3n) is 1.85. The Labute approximate surface area is 98.4 Å². The molecule has 0 aliphatic heterocycles. The highest BCUT2D eigenvalue weighted by Crippen LogP contribution is 2.28. The average Bonchev–Trinajstić information content (AvgIpc) is 2.27. The van der Waals surface area contributed by atoms with Crippen LogP contribution in [0.15, 0.2) is 6.07 Å². The molecule has 0 atom stereocenters. The molecule has 1 aromatic heterocycles. The highest BCUT2D eigenvalue weighted by Gasteiger charge is 2.23. The number of hydrogen-bond acceptors (Lipinski definition) is 4. The zero-order chi connectivity index (χ0) is 12.3. The van der Waals surface area contributed by atoms with Crippen molar-refractivity contribution in [3.8, 4) is 5.75 Å². The molecule has 7 heteroatoms. The predicted octanol–water partition coefficient (Wildman–Crippen LogP) is 2.41. The van der Waals surface area contributed by atoms with Crippen molar-refractivity contribution in [3.05, 3.63) is 23.0 Å². The molecule has 0 saturated heterocycles. The summed E-state index contributed by atoms with van der Waals surface area (Å²) in [4.78, 5) is 14.7. The third kappa shape index (κ3) is 2.46. The van der Waals surface area contributed by atoms with Crippen molar-refractivity contribution < 1.29 is 23.4 Å². The molecule has 1 aromatic rings. The van der Waals surface area contributed by atoms with Gasteiger partial charge in [-0.3, -0.25) is 0 Å². The Morgan fingerprint density at radius 2 is 2.31 bits per heavy atom. The normalized spacial score (nSPS) is 10.6. The number of aromatic nitrogens is 1. The Kier molecular flexibility index (Phi) is 4.17. The van der Waals surface area contributed by atoms with Gasteiger partial charge in [0, 0.05) is 5.33 Å². The molecule has 1 heterocycles. The van der Waals surface area contributed by atoms with Crippen molar-refractivity contribution in [3.63, 3.8) is 0 Å². The second-order valence-corrected chi connectivity index (χ2v) is 3.37. The maximum absolute atomic E-state index is 12.6. The Hall–Kier alpha value is -1.24. The molecular weight excluding hydrogens is 288 g/mol. The molecule has 16 heavy (non-hydrogen) atoms. The first-order valence-electron chi connectivity index (χ1n) is 4.16. The van der Waals surface area contributed by atoms with Gasteiger partial charge in [-0.25, -0.2) is 18.6 Å². The van der Waals surface area contributed by atoms with Crippen LogP contribution in [0.3, 0.4) is 0 Å². The number of alkyl halides is 3. The number of nitrogens with zero attached hydrogens (tertiary/aromatic N) is 1.